The van der Waals surface area contributed by atoms with Crippen LogP contribution in [-0.4, -0.2) is 11.9 Å². The van der Waals surface area contributed by atoms with E-state index in [9.17, 15) is 4.79 Å². The summed E-state index contributed by atoms with van der Waals surface area (Å²) in [4.78, 5) is 10.8. The van der Waals surface area contributed by atoms with Crippen molar-refractivity contribution in [2.75, 3.05) is 0 Å². The van der Waals surface area contributed by atoms with E-state index in [-0.39, 0.29) is 11.9 Å². The van der Waals surface area contributed by atoms with Crippen LogP contribution in [-0.2, 0) is 11.2 Å². The Morgan fingerprint density at radius 2 is 2.14 bits per heavy atom. The van der Waals surface area contributed by atoms with Gasteiger partial charge in [-0.25, -0.2) is 0 Å². The lowest BCUT2D eigenvalue weighted by Gasteiger charge is -2.13. The summed E-state index contributed by atoms with van der Waals surface area (Å²) in [5.41, 5.74) is 1.07. The molecule has 0 aliphatic carbocycles. The van der Waals surface area contributed by atoms with Crippen LogP contribution in [0.25, 0.3) is 0 Å². The third-order valence-corrected chi connectivity index (χ3v) is 2.30. The Morgan fingerprint density at radius 1 is 1.50 bits per heavy atom. The van der Waals surface area contributed by atoms with Gasteiger partial charge in [-0.05, 0) is 25.0 Å². The zero-order chi connectivity index (χ0) is 10.6. The van der Waals surface area contributed by atoms with Crippen LogP contribution >= 0.6 is 11.6 Å². The molecule has 0 heterocycles. The Morgan fingerprint density at radius 3 is 2.71 bits per heavy atom. The second-order valence-corrected chi connectivity index (χ2v) is 3.80. The summed E-state index contributed by atoms with van der Waals surface area (Å²) in [6, 6.07) is 7.79. The molecule has 2 nitrogen and oxygen atoms in total. The quantitative estimate of drug-likeness (QED) is 0.818. The molecule has 0 aromatic heterocycles. The molecule has 0 fully saturated rings. The first kappa shape index (κ1) is 11.1. The van der Waals surface area contributed by atoms with Crippen molar-refractivity contribution < 1.29 is 4.79 Å². The standard InChI is InChI=1S/C11H14ClNO/c1-8(13-9(2)14)7-10-5-3-4-6-11(10)12/h3-6,8H,7H2,1-2H3,(H,13,14). The third-order valence-electron chi connectivity index (χ3n) is 1.93. The van der Waals surface area contributed by atoms with E-state index in [1.165, 1.54) is 6.92 Å². The number of carbonyl (C=O) groups excluding carboxylic acids is 1. The van der Waals surface area contributed by atoms with E-state index in [0.717, 1.165) is 17.0 Å². The minimum absolute atomic E-state index is 0.00967. The second kappa shape index (κ2) is 5.01. The Kier molecular flexibility index (Phi) is 3.96. The van der Waals surface area contributed by atoms with Crippen molar-refractivity contribution in [2.24, 2.45) is 0 Å². The van der Waals surface area contributed by atoms with Gasteiger partial charge in [0.05, 0.1) is 0 Å². The fourth-order valence-electron chi connectivity index (χ4n) is 1.39. The van der Waals surface area contributed by atoms with Gasteiger partial charge in [-0.15, -0.1) is 0 Å². The number of hydrogen-bond donors (Lipinski definition) is 1. The molecule has 0 saturated carbocycles. The van der Waals surface area contributed by atoms with Crippen LogP contribution in [0.5, 0.6) is 0 Å². The van der Waals surface area contributed by atoms with Crippen molar-refractivity contribution in [3.8, 4) is 0 Å². The molecule has 1 aromatic carbocycles. The molecule has 0 spiro atoms. The minimum Gasteiger partial charge on any atom is -0.354 e. The van der Waals surface area contributed by atoms with Crippen molar-refractivity contribution in [3.05, 3.63) is 34.9 Å². The minimum atomic E-state index is -0.00967. The van der Waals surface area contributed by atoms with Crippen LogP contribution in [0.3, 0.4) is 0 Å². The Labute approximate surface area is 89.3 Å². The van der Waals surface area contributed by atoms with E-state index in [4.69, 9.17) is 11.6 Å². The monoisotopic (exact) mass is 211 g/mol. The normalized spacial score (nSPS) is 12.2. The summed E-state index contributed by atoms with van der Waals surface area (Å²) in [6.07, 6.45) is 0.763. The summed E-state index contributed by atoms with van der Waals surface area (Å²) < 4.78 is 0. The van der Waals surface area contributed by atoms with E-state index in [2.05, 4.69) is 5.32 Å². The molecule has 1 amide bonds. The molecule has 0 radical (unpaired) electrons. The highest BCUT2D eigenvalue weighted by Gasteiger charge is 2.06. The number of benzene rings is 1. The molecule has 0 aliphatic heterocycles. The molecule has 1 unspecified atom stereocenters. The molecule has 1 atom stereocenters. The highest BCUT2D eigenvalue weighted by Crippen LogP contribution is 2.16. The zero-order valence-corrected chi connectivity index (χ0v) is 9.14. The molecule has 1 aromatic rings. The predicted octanol–water partition coefficient (Wildman–Crippen LogP) is 2.41. The van der Waals surface area contributed by atoms with Crippen molar-refractivity contribution in [3.63, 3.8) is 0 Å². The lowest BCUT2D eigenvalue weighted by Crippen LogP contribution is -2.32. The van der Waals surface area contributed by atoms with Gasteiger partial charge in [-0.1, -0.05) is 29.8 Å². The van der Waals surface area contributed by atoms with Gasteiger partial charge in [0, 0.05) is 18.0 Å². The van der Waals surface area contributed by atoms with Crippen LogP contribution in [0.4, 0.5) is 0 Å². The summed E-state index contributed by atoms with van der Waals surface area (Å²) in [7, 11) is 0. The lowest BCUT2D eigenvalue weighted by atomic mass is 10.1. The summed E-state index contributed by atoms with van der Waals surface area (Å²) >= 11 is 5.99. The average Bonchev–Trinajstić information content (AvgIpc) is 2.07. The van der Waals surface area contributed by atoms with Crippen LogP contribution in [0.2, 0.25) is 5.02 Å². The maximum atomic E-state index is 10.8. The molecule has 0 aliphatic rings. The first-order valence-corrected chi connectivity index (χ1v) is 4.98. The zero-order valence-electron chi connectivity index (χ0n) is 8.38. The van der Waals surface area contributed by atoms with Crippen LogP contribution < -0.4 is 5.32 Å². The van der Waals surface area contributed by atoms with Gasteiger partial charge in [-0.2, -0.15) is 0 Å². The van der Waals surface area contributed by atoms with E-state index in [1.54, 1.807) is 0 Å². The molecular formula is C11H14ClNO. The molecule has 3 heteroatoms. The molecular weight excluding hydrogens is 198 g/mol. The maximum absolute atomic E-state index is 10.8. The van der Waals surface area contributed by atoms with Gasteiger partial charge >= 0.3 is 0 Å². The fourth-order valence-corrected chi connectivity index (χ4v) is 1.60. The van der Waals surface area contributed by atoms with Gasteiger partial charge in [0.15, 0.2) is 0 Å². The van der Waals surface area contributed by atoms with Crippen LogP contribution in [0.1, 0.15) is 19.4 Å². The summed E-state index contributed by atoms with van der Waals surface area (Å²) in [5, 5.41) is 3.58. The predicted molar refractivity (Wildman–Crippen MR) is 58.4 cm³/mol. The molecule has 1 rings (SSSR count). The van der Waals surface area contributed by atoms with Gasteiger partial charge in [0.25, 0.3) is 0 Å². The van der Waals surface area contributed by atoms with Gasteiger partial charge in [0.1, 0.15) is 0 Å². The van der Waals surface area contributed by atoms with E-state index in [1.807, 2.05) is 31.2 Å². The molecule has 14 heavy (non-hydrogen) atoms. The molecule has 0 bridgehead atoms. The van der Waals surface area contributed by atoms with Crippen LogP contribution in [0, 0.1) is 0 Å². The summed E-state index contributed by atoms with van der Waals surface area (Å²) in [6.45, 7) is 3.48. The van der Waals surface area contributed by atoms with Crippen molar-refractivity contribution in [1.82, 2.24) is 5.32 Å². The smallest absolute Gasteiger partial charge is 0.217 e. The highest BCUT2D eigenvalue weighted by molar-refractivity contribution is 6.31. The Hall–Kier alpha value is -1.02. The van der Waals surface area contributed by atoms with Crippen LogP contribution in [0.15, 0.2) is 24.3 Å². The highest BCUT2D eigenvalue weighted by atomic mass is 35.5. The number of amides is 1. The number of halogens is 1. The molecule has 76 valence electrons. The molecule has 0 saturated heterocycles. The van der Waals surface area contributed by atoms with Crippen molar-refractivity contribution in [1.29, 1.82) is 0 Å². The first-order valence-electron chi connectivity index (χ1n) is 4.60. The first-order chi connectivity index (χ1) is 6.59. The van der Waals surface area contributed by atoms with Crippen molar-refractivity contribution in [2.45, 2.75) is 26.3 Å². The number of carbonyl (C=O) groups is 1. The summed E-state index contributed by atoms with van der Waals surface area (Å²) in [5.74, 6) is -0.00967. The largest absolute Gasteiger partial charge is 0.354 e. The van der Waals surface area contributed by atoms with E-state index in [0.29, 0.717) is 0 Å². The maximum Gasteiger partial charge on any atom is 0.217 e. The number of nitrogens with one attached hydrogen (secondary N) is 1. The second-order valence-electron chi connectivity index (χ2n) is 3.40. The topological polar surface area (TPSA) is 29.1 Å². The van der Waals surface area contributed by atoms with Gasteiger partial charge < -0.3 is 5.32 Å². The average molecular weight is 212 g/mol. The number of hydrogen-bond acceptors (Lipinski definition) is 1. The van der Waals surface area contributed by atoms with Gasteiger partial charge in [-0.3, -0.25) is 4.79 Å². The Balaban J connectivity index is 2.60. The van der Waals surface area contributed by atoms with Gasteiger partial charge in [0.2, 0.25) is 5.91 Å². The number of rotatable bonds is 3. The third kappa shape index (κ3) is 3.38. The van der Waals surface area contributed by atoms with E-state index < -0.39 is 0 Å². The fraction of sp³-hybridized carbons (Fsp3) is 0.364. The van der Waals surface area contributed by atoms with E-state index >= 15 is 0 Å². The SMILES string of the molecule is CC(=O)NC(C)Cc1ccccc1Cl. The van der Waals surface area contributed by atoms with Crippen molar-refractivity contribution >= 4 is 17.5 Å². The Bertz CT molecular complexity index is 325. The molecule has 1 N–H and O–H groups in total. The lowest BCUT2D eigenvalue weighted by molar-refractivity contribution is -0.119.